The Balaban J connectivity index is 2.45. The lowest BCUT2D eigenvalue weighted by molar-refractivity contribution is -0.117. The standard InChI is InChI=1S/C10H15N5O2S/c1-3-12-9(17)15-8(16)5-18-10-13-6(2)4-7(11)14-10/h4H,3,5H2,1-2H3,(H2,11,13,14)(H2,12,15,16,17). The molecule has 3 amide bonds. The van der Waals surface area contributed by atoms with E-state index in [0.29, 0.717) is 17.5 Å². The maximum Gasteiger partial charge on any atom is 0.321 e. The van der Waals surface area contributed by atoms with E-state index in [4.69, 9.17) is 5.73 Å². The first-order chi connectivity index (χ1) is 8.51. The summed E-state index contributed by atoms with van der Waals surface area (Å²) in [6, 6.07) is 1.13. The van der Waals surface area contributed by atoms with Crippen molar-refractivity contribution in [1.29, 1.82) is 0 Å². The molecule has 0 aliphatic carbocycles. The van der Waals surface area contributed by atoms with Crippen LogP contribution in [0.4, 0.5) is 10.6 Å². The molecule has 0 radical (unpaired) electrons. The van der Waals surface area contributed by atoms with Gasteiger partial charge in [-0.3, -0.25) is 10.1 Å². The van der Waals surface area contributed by atoms with Crippen LogP contribution < -0.4 is 16.4 Å². The van der Waals surface area contributed by atoms with E-state index in [1.165, 1.54) is 0 Å². The molecule has 0 aliphatic heterocycles. The molecule has 1 aromatic rings. The first kappa shape index (κ1) is 14.2. The minimum Gasteiger partial charge on any atom is -0.384 e. The van der Waals surface area contributed by atoms with Crippen molar-refractivity contribution in [2.75, 3.05) is 18.0 Å². The van der Waals surface area contributed by atoms with Gasteiger partial charge in [-0.15, -0.1) is 0 Å². The number of amides is 3. The number of nitrogens with one attached hydrogen (secondary N) is 2. The number of nitrogens with zero attached hydrogens (tertiary/aromatic N) is 2. The van der Waals surface area contributed by atoms with Crippen molar-refractivity contribution >= 4 is 29.5 Å². The third-order valence-corrected chi connectivity index (χ3v) is 2.62. The summed E-state index contributed by atoms with van der Waals surface area (Å²) >= 11 is 1.12. The van der Waals surface area contributed by atoms with Crippen molar-refractivity contribution in [3.05, 3.63) is 11.8 Å². The van der Waals surface area contributed by atoms with E-state index < -0.39 is 11.9 Å². The van der Waals surface area contributed by atoms with Gasteiger partial charge in [-0.1, -0.05) is 11.8 Å². The number of aryl methyl sites for hydroxylation is 1. The fraction of sp³-hybridized carbons (Fsp3) is 0.400. The molecule has 4 N–H and O–H groups in total. The van der Waals surface area contributed by atoms with E-state index in [9.17, 15) is 9.59 Å². The second kappa shape index (κ2) is 6.80. The van der Waals surface area contributed by atoms with Gasteiger partial charge < -0.3 is 11.1 Å². The monoisotopic (exact) mass is 269 g/mol. The van der Waals surface area contributed by atoms with Crippen LogP contribution in [0.2, 0.25) is 0 Å². The van der Waals surface area contributed by atoms with Gasteiger partial charge >= 0.3 is 6.03 Å². The fourth-order valence-electron chi connectivity index (χ4n) is 1.13. The number of rotatable bonds is 4. The summed E-state index contributed by atoms with van der Waals surface area (Å²) in [7, 11) is 0. The molecule has 1 heterocycles. The highest BCUT2D eigenvalue weighted by Gasteiger charge is 2.09. The summed E-state index contributed by atoms with van der Waals surface area (Å²) in [5.74, 6) is 0.00351. The van der Waals surface area contributed by atoms with Crippen molar-refractivity contribution in [3.8, 4) is 0 Å². The highest BCUT2D eigenvalue weighted by molar-refractivity contribution is 7.99. The summed E-state index contributed by atoms with van der Waals surface area (Å²) in [4.78, 5) is 30.5. The molecule has 0 aromatic carbocycles. The van der Waals surface area contributed by atoms with Gasteiger partial charge in [0.25, 0.3) is 0 Å². The van der Waals surface area contributed by atoms with Crippen LogP contribution >= 0.6 is 11.8 Å². The summed E-state index contributed by atoms with van der Waals surface area (Å²) in [6.45, 7) is 4.02. The summed E-state index contributed by atoms with van der Waals surface area (Å²) in [6.07, 6.45) is 0. The molecule has 0 fully saturated rings. The molecule has 0 unspecified atom stereocenters. The van der Waals surface area contributed by atoms with Crippen molar-refractivity contribution < 1.29 is 9.59 Å². The van der Waals surface area contributed by atoms with Crippen LogP contribution in [0.25, 0.3) is 0 Å². The fourth-order valence-corrected chi connectivity index (χ4v) is 1.84. The average Bonchev–Trinajstić information content (AvgIpc) is 2.25. The van der Waals surface area contributed by atoms with Gasteiger partial charge in [0, 0.05) is 18.3 Å². The SMILES string of the molecule is CCNC(=O)NC(=O)CSc1nc(C)cc(N)n1. The number of carbonyl (C=O) groups excluding carboxylic acids is 2. The summed E-state index contributed by atoms with van der Waals surface area (Å²) < 4.78 is 0. The minimum absolute atomic E-state index is 0.0556. The zero-order chi connectivity index (χ0) is 13.5. The van der Waals surface area contributed by atoms with Gasteiger partial charge in [0.15, 0.2) is 5.16 Å². The zero-order valence-electron chi connectivity index (χ0n) is 10.2. The molecule has 0 atom stereocenters. The smallest absolute Gasteiger partial charge is 0.321 e. The van der Waals surface area contributed by atoms with Crippen molar-refractivity contribution in [3.63, 3.8) is 0 Å². The summed E-state index contributed by atoms with van der Waals surface area (Å²) in [5, 5.41) is 5.06. The molecule has 0 saturated heterocycles. The number of hydrogen-bond donors (Lipinski definition) is 3. The Bertz CT molecular complexity index is 432. The Labute approximate surface area is 109 Å². The molecule has 1 rings (SSSR count). The Kier molecular flexibility index (Phi) is 5.37. The number of thioether (sulfide) groups is 1. The van der Waals surface area contributed by atoms with Gasteiger partial charge in [-0.05, 0) is 13.8 Å². The van der Waals surface area contributed by atoms with Crippen molar-refractivity contribution in [1.82, 2.24) is 20.6 Å². The second-order valence-corrected chi connectivity index (χ2v) is 4.36. The van der Waals surface area contributed by atoms with Crippen LogP contribution in [-0.2, 0) is 4.79 Å². The zero-order valence-corrected chi connectivity index (χ0v) is 11.0. The number of anilines is 1. The molecule has 0 aliphatic rings. The van der Waals surface area contributed by atoms with Crippen LogP contribution in [-0.4, -0.2) is 34.2 Å². The van der Waals surface area contributed by atoms with E-state index in [1.54, 1.807) is 19.9 Å². The molecule has 0 bridgehead atoms. The van der Waals surface area contributed by atoms with Crippen LogP contribution in [0.5, 0.6) is 0 Å². The third kappa shape index (κ3) is 5.00. The Morgan fingerprint density at radius 1 is 1.44 bits per heavy atom. The Morgan fingerprint density at radius 3 is 2.78 bits per heavy atom. The molecular weight excluding hydrogens is 254 g/mol. The Morgan fingerprint density at radius 2 is 2.17 bits per heavy atom. The number of nitrogens with two attached hydrogens (primary N) is 1. The van der Waals surface area contributed by atoms with Gasteiger partial charge in [0.1, 0.15) is 5.82 Å². The van der Waals surface area contributed by atoms with E-state index >= 15 is 0 Å². The number of hydrogen-bond acceptors (Lipinski definition) is 6. The lowest BCUT2D eigenvalue weighted by Crippen LogP contribution is -2.40. The lowest BCUT2D eigenvalue weighted by Gasteiger charge is -2.04. The molecule has 1 aromatic heterocycles. The average molecular weight is 269 g/mol. The number of nitrogen functional groups attached to an aromatic ring is 1. The van der Waals surface area contributed by atoms with Crippen LogP contribution in [0.15, 0.2) is 11.2 Å². The first-order valence-electron chi connectivity index (χ1n) is 5.33. The molecule has 7 nitrogen and oxygen atoms in total. The number of carbonyl (C=O) groups is 2. The number of aromatic nitrogens is 2. The van der Waals surface area contributed by atoms with E-state index in [1.807, 2.05) is 0 Å². The molecular formula is C10H15N5O2S. The quantitative estimate of drug-likeness (QED) is 0.536. The topological polar surface area (TPSA) is 110 Å². The highest BCUT2D eigenvalue weighted by Crippen LogP contribution is 2.14. The van der Waals surface area contributed by atoms with E-state index in [2.05, 4.69) is 20.6 Å². The number of imide groups is 1. The molecule has 0 saturated carbocycles. The molecule has 8 heteroatoms. The van der Waals surface area contributed by atoms with Crippen LogP contribution in [0, 0.1) is 6.92 Å². The molecule has 0 spiro atoms. The van der Waals surface area contributed by atoms with E-state index in [-0.39, 0.29) is 5.75 Å². The predicted molar refractivity (Wildman–Crippen MR) is 69.1 cm³/mol. The molecule has 98 valence electrons. The van der Waals surface area contributed by atoms with Crippen LogP contribution in [0.3, 0.4) is 0 Å². The van der Waals surface area contributed by atoms with Crippen molar-refractivity contribution in [2.24, 2.45) is 0 Å². The van der Waals surface area contributed by atoms with E-state index in [0.717, 1.165) is 17.5 Å². The molecule has 18 heavy (non-hydrogen) atoms. The lowest BCUT2D eigenvalue weighted by atomic mass is 10.4. The predicted octanol–water partition coefficient (Wildman–Crippen LogP) is 0.305. The number of urea groups is 1. The summed E-state index contributed by atoms with van der Waals surface area (Å²) in [5.41, 5.74) is 6.29. The third-order valence-electron chi connectivity index (χ3n) is 1.78. The van der Waals surface area contributed by atoms with Gasteiger partial charge in [-0.2, -0.15) is 0 Å². The van der Waals surface area contributed by atoms with Crippen molar-refractivity contribution in [2.45, 2.75) is 19.0 Å². The minimum atomic E-state index is -0.507. The maximum absolute atomic E-state index is 11.4. The second-order valence-electron chi connectivity index (χ2n) is 3.41. The van der Waals surface area contributed by atoms with Gasteiger partial charge in [0.05, 0.1) is 5.75 Å². The first-order valence-corrected chi connectivity index (χ1v) is 6.31. The highest BCUT2D eigenvalue weighted by atomic mass is 32.2. The van der Waals surface area contributed by atoms with Gasteiger partial charge in [0.2, 0.25) is 5.91 Å². The largest absolute Gasteiger partial charge is 0.384 e. The maximum atomic E-state index is 11.4. The Hall–Kier alpha value is -1.83. The van der Waals surface area contributed by atoms with Gasteiger partial charge in [-0.25, -0.2) is 14.8 Å². The normalized spacial score (nSPS) is 9.89. The van der Waals surface area contributed by atoms with Crippen LogP contribution in [0.1, 0.15) is 12.6 Å².